The Labute approximate surface area is 128 Å². The first-order valence-corrected chi connectivity index (χ1v) is 7.43. The number of halogens is 1. The summed E-state index contributed by atoms with van der Waals surface area (Å²) < 4.78 is 15.3. The molecule has 0 fully saturated rings. The molecule has 0 atom stereocenters. The average Bonchev–Trinajstić information content (AvgIpc) is 2.77. The SMILES string of the molecule is CCc1nc2c(n1C(C)C)C(=O)C(=O)C1=CCC(F)=CC=C12. The molecule has 0 aliphatic heterocycles. The molecule has 0 aromatic carbocycles. The number of aryl methyl sites for hydroxylation is 1. The highest BCUT2D eigenvalue weighted by Gasteiger charge is 2.38. The summed E-state index contributed by atoms with van der Waals surface area (Å²) in [6.07, 6.45) is 5.05. The number of rotatable bonds is 2. The summed E-state index contributed by atoms with van der Waals surface area (Å²) >= 11 is 0. The Kier molecular flexibility index (Phi) is 3.43. The Hall–Kier alpha value is -2.30. The lowest BCUT2D eigenvalue weighted by Crippen LogP contribution is -2.27. The molecule has 4 nitrogen and oxygen atoms in total. The first kappa shape index (κ1) is 14.6. The van der Waals surface area contributed by atoms with Gasteiger partial charge in [-0.1, -0.05) is 13.0 Å². The van der Waals surface area contributed by atoms with Crippen molar-refractivity contribution in [2.75, 3.05) is 0 Å². The second-order valence-corrected chi connectivity index (χ2v) is 5.72. The Balaban J connectivity index is 2.33. The van der Waals surface area contributed by atoms with E-state index < -0.39 is 11.6 Å². The molecule has 0 amide bonds. The van der Waals surface area contributed by atoms with E-state index in [4.69, 9.17) is 0 Å². The standard InChI is InChI=1S/C17H17FN2O2/c1-4-13-19-14-11-7-5-10(18)6-8-12(11)16(21)17(22)15(14)20(13)9(2)3/h5,7-9H,4,6H2,1-3H3. The molecule has 0 spiro atoms. The van der Waals surface area contributed by atoms with Gasteiger partial charge >= 0.3 is 0 Å². The van der Waals surface area contributed by atoms with Gasteiger partial charge in [-0.05, 0) is 26.0 Å². The van der Waals surface area contributed by atoms with Crippen molar-refractivity contribution in [2.45, 2.75) is 39.7 Å². The molecule has 114 valence electrons. The number of aromatic nitrogens is 2. The van der Waals surface area contributed by atoms with Crippen molar-refractivity contribution in [3.05, 3.63) is 46.8 Å². The number of carbonyl (C=O) groups is 2. The van der Waals surface area contributed by atoms with Crippen LogP contribution in [0.4, 0.5) is 4.39 Å². The number of allylic oxidation sites excluding steroid dienone is 6. The Morgan fingerprint density at radius 2 is 1.95 bits per heavy atom. The normalized spacial score (nSPS) is 17.6. The van der Waals surface area contributed by atoms with Crippen molar-refractivity contribution in [1.29, 1.82) is 0 Å². The number of imidazole rings is 1. The van der Waals surface area contributed by atoms with Crippen LogP contribution < -0.4 is 0 Å². The van der Waals surface area contributed by atoms with Crippen LogP contribution in [0.3, 0.4) is 0 Å². The van der Waals surface area contributed by atoms with Crippen molar-refractivity contribution in [1.82, 2.24) is 9.55 Å². The van der Waals surface area contributed by atoms with Crippen LogP contribution in [0, 0.1) is 0 Å². The third-order valence-electron chi connectivity index (χ3n) is 3.96. The predicted molar refractivity (Wildman–Crippen MR) is 81.2 cm³/mol. The first-order chi connectivity index (χ1) is 10.5. The van der Waals surface area contributed by atoms with Crippen LogP contribution in [-0.2, 0) is 11.2 Å². The second kappa shape index (κ2) is 5.16. The van der Waals surface area contributed by atoms with E-state index in [-0.39, 0.29) is 23.9 Å². The summed E-state index contributed by atoms with van der Waals surface area (Å²) in [4.78, 5) is 29.5. The molecule has 0 bridgehead atoms. The van der Waals surface area contributed by atoms with Gasteiger partial charge in [-0.15, -0.1) is 0 Å². The van der Waals surface area contributed by atoms with Crippen LogP contribution in [0.25, 0.3) is 5.57 Å². The van der Waals surface area contributed by atoms with Gasteiger partial charge in [0.2, 0.25) is 5.78 Å². The number of fused-ring (bicyclic) bond motifs is 3. The Morgan fingerprint density at radius 1 is 1.23 bits per heavy atom. The highest BCUT2D eigenvalue weighted by Crippen LogP contribution is 2.36. The summed E-state index contributed by atoms with van der Waals surface area (Å²) in [5.74, 6) is -0.708. The predicted octanol–water partition coefficient (Wildman–Crippen LogP) is 3.36. The topological polar surface area (TPSA) is 52.0 Å². The molecule has 0 N–H and O–H groups in total. The van der Waals surface area contributed by atoms with E-state index in [0.717, 1.165) is 5.82 Å². The largest absolute Gasteiger partial charge is 0.322 e. The maximum atomic E-state index is 13.5. The van der Waals surface area contributed by atoms with Crippen LogP contribution >= 0.6 is 0 Å². The van der Waals surface area contributed by atoms with Crippen molar-refractivity contribution < 1.29 is 14.0 Å². The van der Waals surface area contributed by atoms with E-state index in [9.17, 15) is 14.0 Å². The van der Waals surface area contributed by atoms with E-state index >= 15 is 0 Å². The number of nitrogens with zero attached hydrogens (tertiary/aromatic N) is 2. The van der Waals surface area contributed by atoms with Crippen molar-refractivity contribution in [2.24, 2.45) is 0 Å². The van der Waals surface area contributed by atoms with Gasteiger partial charge in [-0.3, -0.25) is 9.59 Å². The monoisotopic (exact) mass is 300 g/mol. The molecular formula is C17H17FN2O2. The number of carbonyl (C=O) groups excluding carboxylic acids is 2. The first-order valence-electron chi connectivity index (χ1n) is 7.43. The molecule has 0 saturated carbocycles. The summed E-state index contributed by atoms with van der Waals surface area (Å²) in [5, 5.41) is 0. The number of hydrogen-bond donors (Lipinski definition) is 0. The fourth-order valence-electron chi connectivity index (χ4n) is 2.98. The summed E-state index contributed by atoms with van der Waals surface area (Å²) in [5.41, 5.74) is 1.63. The van der Waals surface area contributed by atoms with Crippen molar-refractivity contribution in [3.8, 4) is 0 Å². The zero-order valence-corrected chi connectivity index (χ0v) is 12.8. The minimum absolute atomic E-state index is 0.0205. The highest BCUT2D eigenvalue weighted by molar-refractivity contribution is 6.54. The summed E-state index contributed by atoms with van der Waals surface area (Å²) in [7, 11) is 0. The molecule has 2 aliphatic rings. The molecule has 1 heterocycles. The van der Waals surface area contributed by atoms with E-state index in [2.05, 4.69) is 4.98 Å². The van der Waals surface area contributed by atoms with Crippen LogP contribution in [0.1, 0.15) is 55.2 Å². The highest BCUT2D eigenvalue weighted by atomic mass is 19.1. The fraction of sp³-hybridized carbons (Fsp3) is 0.353. The van der Waals surface area contributed by atoms with Gasteiger partial charge in [0.1, 0.15) is 23.0 Å². The smallest absolute Gasteiger partial charge is 0.252 e. The van der Waals surface area contributed by atoms with Gasteiger partial charge in [0, 0.05) is 30.0 Å². The van der Waals surface area contributed by atoms with E-state index in [1.165, 1.54) is 12.2 Å². The minimum Gasteiger partial charge on any atom is -0.322 e. The summed E-state index contributed by atoms with van der Waals surface area (Å²) in [6, 6.07) is 0.0205. The van der Waals surface area contributed by atoms with Crippen LogP contribution in [0.5, 0.6) is 0 Å². The third-order valence-corrected chi connectivity index (χ3v) is 3.96. The molecule has 0 unspecified atom stereocenters. The molecular weight excluding hydrogens is 283 g/mol. The van der Waals surface area contributed by atoms with Gasteiger partial charge in [0.15, 0.2) is 0 Å². The lowest BCUT2D eigenvalue weighted by atomic mass is 9.87. The van der Waals surface area contributed by atoms with Crippen LogP contribution in [0.2, 0.25) is 0 Å². The maximum absolute atomic E-state index is 13.5. The van der Waals surface area contributed by atoms with Crippen LogP contribution in [-0.4, -0.2) is 21.1 Å². The molecule has 5 heteroatoms. The summed E-state index contributed by atoms with van der Waals surface area (Å²) in [6.45, 7) is 5.85. The molecule has 1 aromatic heterocycles. The van der Waals surface area contributed by atoms with E-state index in [1.807, 2.05) is 25.3 Å². The number of hydrogen-bond acceptors (Lipinski definition) is 3. The quantitative estimate of drug-likeness (QED) is 0.787. The Morgan fingerprint density at radius 3 is 2.59 bits per heavy atom. The van der Waals surface area contributed by atoms with E-state index in [0.29, 0.717) is 23.4 Å². The maximum Gasteiger partial charge on any atom is 0.252 e. The number of Topliss-reactive ketones (excluding diaryl/α,β-unsaturated/α-hetero) is 2. The zero-order chi connectivity index (χ0) is 16.0. The van der Waals surface area contributed by atoms with Crippen molar-refractivity contribution >= 4 is 17.1 Å². The lowest BCUT2D eigenvalue weighted by molar-refractivity contribution is -0.111. The van der Waals surface area contributed by atoms with Crippen LogP contribution in [0.15, 0.2) is 29.6 Å². The Bertz CT molecular complexity index is 779. The third kappa shape index (κ3) is 2.00. The molecule has 22 heavy (non-hydrogen) atoms. The number of ketones is 2. The molecule has 0 saturated heterocycles. The van der Waals surface area contributed by atoms with Gasteiger partial charge in [-0.25, -0.2) is 9.37 Å². The molecule has 0 radical (unpaired) electrons. The van der Waals surface area contributed by atoms with Gasteiger partial charge in [-0.2, -0.15) is 0 Å². The second-order valence-electron chi connectivity index (χ2n) is 5.72. The van der Waals surface area contributed by atoms with Crippen molar-refractivity contribution in [3.63, 3.8) is 0 Å². The molecule has 3 rings (SSSR count). The molecule has 2 aliphatic carbocycles. The average molecular weight is 300 g/mol. The van der Waals surface area contributed by atoms with Gasteiger partial charge in [0.05, 0.1) is 0 Å². The van der Waals surface area contributed by atoms with Gasteiger partial charge < -0.3 is 4.57 Å². The van der Waals surface area contributed by atoms with Gasteiger partial charge in [0.25, 0.3) is 5.78 Å². The van der Waals surface area contributed by atoms with E-state index in [1.54, 1.807) is 6.08 Å². The fourth-order valence-corrected chi connectivity index (χ4v) is 2.98. The minimum atomic E-state index is -0.577. The molecule has 1 aromatic rings. The zero-order valence-electron chi connectivity index (χ0n) is 12.8. The lowest BCUT2D eigenvalue weighted by Gasteiger charge is -2.19.